The molecule has 0 heterocycles. The molecule has 0 radical (unpaired) electrons. The van der Waals surface area contributed by atoms with Gasteiger partial charge in [0.1, 0.15) is 5.75 Å². The number of guanidine groups is 1. The lowest BCUT2D eigenvalue weighted by Gasteiger charge is -2.21. The molecule has 5 nitrogen and oxygen atoms in total. The molecule has 146 valence electrons. The summed E-state index contributed by atoms with van der Waals surface area (Å²) in [7, 11) is 1.65. The highest BCUT2D eigenvalue weighted by molar-refractivity contribution is 6.31. The summed E-state index contributed by atoms with van der Waals surface area (Å²) in [5, 5.41) is 17.3. The van der Waals surface area contributed by atoms with Crippen LogP contribution >= 0.6 is 11.6 Å². The van der Waals surface area contributed by atoms with Crippen LogP contribution in [0.3, 0.4) is 0 Å². The molecule has 3 N–H and O–H groups in total. The second-order valence-corrected chi connectivity index (χ2v) is 7.69. The van der Waals surface area contributed by atoms with E-state index in [1.807, 2.05) is 36.4 Å². The van der Waals surface area contributed by atoms with Crippen LogP contribution in [0.15, 0.2) is 47.5 Å². The third kappa shape index (κ3) is 6.45. The smallest absolute Gasteiger partial charge is 0.196 e. The zero-order valence-corrected chi connectivity index (χ0v) is 17.1. The minimum Gasteiger partial charge on any atom is -0.506 e. The standard InChI is InChI=1S/C21H28ClN3O2/c1-21(2,3)16-9-10-19(26)18(13-16)25-20(23-11-12-27-4)24-14-15-7-5-6-8-17(15)22/h5-10,13,26H,11-12,14H2,1-4H3,(H2,23,24,25). The Kier molecular flexibility index (Phi) is 7.51. The van der Waals surface area contributed by atoms with Crippen LogP contribution in [-0.4, -0.2) is 31.3 Å². The third-order valence-corrected chi connectivity index (χ3v) is 4.45. The highest BCUT2D eigenvalue weighted by atomic mass is 35.5. The molecule has 6 heteroatoms. The topological polar surface area (TPSA) is 65.9 Å². The minimum absolute atomic E-state index is 0.0253. The fraction of sp³-hybridized carbons (Fsp3) is 0.381. The number of methoxy groups -OCH3 is 1. The number of nitrogens with zero attached hydrogens (tertiary/aromatic N) is 1. The van der Waals surface area contributed by atoms with Crippen molar-refractivity contribution in [2.45, 2.75) is 32.7 Å². The van der Waals surface area contributed by atoms with Crippen molar-refractivity contribution in [2.75, 3.05) is 25.6 Å². The molecule has 0 spiro atoms. The Bertz CT molecular complexity index is 785. The predicted octanol–water partition coefficient (Wildman–Crippen LogP) is 4.55. The van der Waals surface area contributed by atoms with Gasteiger partial charge in [0, 0.05) is 18.7 Å². The molecule has 27 heavy (non-hydrogen) atoms. The van der Waals surface area contributed by atoms with E-state index < -0.39 is 0 Å². The SMILES string of the molecule is COCCNC(=NCc1ccccc1Cl)Nc1cc(C(C)(C)C)ccc1O. The Labute approximate surface area is 166 Å². The lowest BCUT2D eigenvalue weighted by Crippen LogP contribution is -2.33. The molecule has 2 rings (SSSR count). The Morgan fingerprint density at radius 3 is 2.59 bits per heavy atom. The monoisotopic (exact) mass is 389 g/mol. The first-order valence-corrected chi connectivity index (χ1v) is 9.30. The van der Waals surface area contributed by atoms with Gasteiger partial charge >= 0.3 is 0 Å². The van der Waals surface area contributed by atoms with Crippen molar-refractivity contribution in [3.8, 4) is 5.75 Å². The molecule has 0 unspecified atom stereocenters. The van der Waals surface area contributed by atoms with E-state index in [2.05, 4.69) is 36.4 Å². The third-order valence-electron chi connectivity index (χ3n) is 4.08. The highest BCUT2D eigenvalue weighted by Gasteiger charge is 2.16. The molecule has 2 aromatic rings. The Hall–Kier alpha value is -2.24. The van der Waals surface area contributed by atoms with Gasteiger partial charge in [0.2, 0.25) is 0 Å². The van der Waals surface area contributed by atoms with Crippen LogP contribution in [0.2, 0.25) is 5.02 Å². The number of aromatic hydroxyl groups is 1. The second-order valence-electron chi connectivity index (χ2n) is 7.28. The van der Waals surface area contributed by atoms with E-state index in [0.717, 1.165) is 11.1 Å². The van der Waals surface area contributed by atoms with Gasteiger partial charge in [0.05, 0.1) is 18.8 Å². The van der Waals surface area contributed by atoms with E-state index in [4.69, 9.17) is 16.3 Å². The lowest BCUT2D eigenvalue weighted by atomic mass is 9.87. The number of hydrogen-bond acceptors (Lipinski definition) is 3. The molecule has 0 amide bonds. The number of anilines is 1. The number of rotatable bonds is 6. The van der Waals surface area contributed by atoms with E-state index in [1.54, 1.807) is 13.2 Å². The summed E-state index contributed by atoms with van der Waals surface area (Å²) in [4.78, 5) is 4.60. The maximum absolute atomic E-state index is 10.3. The first-order valence-electron chi connectivity index (χ1n) is 8.92. The van der Waals surface area contributed by atoms with Crippen molar-refractivity contribution in [1.82, 2.24) is 5.32 Å². The maximum Gasteiger partial charge on any atom is 0.196 e. The van der Waals surface area contributed by atoms with E-state index in [0.29, 0.717) is 36.4 Å². The number of hydrogen-bond donors (Lipinski definition) is 3. The quantitative estimate of drug-likeness (QED) is 0.293. The van der Waals surface area contributed by atoms with Crippen LogP contribution in [0.5, 0.6) is 5.75 Å². The van der Waals surface area contributed by atoms with Gasteiger partial charge in [-0.3, -0.25) is 0 Å². The van der Waals surface area contributed by atoms with Gasteiger partial charge in [-0.15, -0.1) is 0 Å². The molecule has 0 aromatic heterocycles. The first-order chi connectivity index (χ1) is 12.8. The van der Waals surface area contributed by atoms with Gasteiger partial charge in [-0.2, -0.15) is 0 Å². The molecular weight excluding hydrogens is 362 g/mol. The van der Waals surface area contributed by atoms with E-state index in [1.165, 1.54) is 0 Å². The molecule has 2 aromatic carbocycles. The molecule has 0 aliphatic heterocycles. The van der Waals surface area contributed by atoms with E-state index >= 15 is 0 Å². The average Bonchev–Trinajstić information content (AvgIpc) is 2.61. The number of ether oxygens (including phenoxy) is 1. The minimum atomic E-state index is -0.0253. The predicted molar refractivity (Wildman–Crippen MR) is 113 cm³/mol. The maximum atomic E-state index is 10.3. The lowest BCUT2D eigenvalue weighted by molar-refractivity contribution is 0.204. The van der Waals surface area contributed by atoms with Crippen molar-refractivity contribution >= 4 is 23.2 Å². The molecule has 0 atom stereocenters. The van der Waals surface area contributed by atoms with E-state index in [-0.39, 0.29) is 11.2 Å². The fourth-order valence-corrected chi connectivity index (χ4v) is 2.63. The summed E-state index contributed by atoms with van der Waals surface area (Å²) in [5.41, 5.74) is 2.62. The Morgan fingerprint density at radius 1 is 1.19 bits per heavy atom. The number of phenols is 1. The molecule has 0 aliphatic rings. The highest BCUT2D eigenvalue weighted by Crippen LogP contribution is 2.30. The van der Waals surface area contributed by atoms with Crippen LogP contribution in [0.4, 0.5) is 5.69 Å². The van der Waals surface area contributed by atoms with Crippen molar-refractivity contribution in [3.05, 3.63) is 58.6 Å². The fourth-order valence-electron chi connectivity index (χ4n) is 2.43. The zero-order chi connectivity index (χ0) is 19.9. The van der Waals surface area contributed by atoms with Gasteiger partial charge in [0.15, 0.2) is 5.96 Å². The van der Waals surface area contributed by atoms with Crippen LogP contribution < -0.4 is 10.6 Å². The average molecular weight is 390 g/mol. The second kappa shape index (κ2) is 9.62. The largest absolute Gasteiger partial charge is 0.506 e. The Balaban J connectivity index is 2.24. The van der Waals surface area contributed by atoms with Crippen molar-refractivity contribution in [3.63, 3.8) is 0 Å². The van der Waals surface area contributed by atoms with Gasteiger partial charge in [-0.05, 0) is 34.7 Å². The summed E-state index contributed by atoms with van der Waals surface area (Å²) in [5.74, 6) is 0.718. The number of benzene rings is 2. The van der Waals surface area contributed by atoms with Crippen LogP contribution in [0.1, 0.15) is 31.9 Å². The summed E-state index contributed by atoms with van der Waals surface area (Å²) < 4.78 is 5.10. The van der Waals surface area contributed by atoms with Gasteiger partial charge < -0.3 is 20.5 Å². The summed E-state index contributed by atoms with van der Waals surface area (Å²) in [6, 6.07) is 13.2. The molecule has 0 bridgehead atoms. The van der Waals surface area contributed by atoms with Crippen LogP contribution in [0.25, 0.3) is 0 Å². The number of nitrogens with one attached hydrogen (secondary N) is 2. The summed E-state index contributed by atoms with van der Waals surface area (Å²) in [6.45, 7) is 7.94. The molecular formula is C21H28ClN3O2. The van der Waals surface area contributed by atoms with Crippen molar-refractivity contribution in [2.24, 2.45) is 4.99 Å². The van der Waals surface area contributed by atoms with Gasteiger partial charge in [-0.25, -0.2) is 4.99 Å². The van der Waals surface area contributed by atoms with Crippen molar-refractivity contribution in [1.29, 1.82) is 0 Å². The molecule has 0 aliphatic carbocycles. The van der Waals surface area contributed by atoms with Gasteiger partial charge in [0.25, 0.3) is 0 Å². The normalized spacial score (nSPS) is 12.1. The zero-order valence-electron chi connectivity index (χ0n) is 16.3. The number of halogens is 1. The molecule has 0 saturated carbocycles. The Morgan fingerprint density at radius 2 is 1.93 bits per heavy atom. The van der Waals surface area contributed by atoms with E-state index in [9.17, 15) is 5.11 Å². The molecule has 0 fully saturated rings. The number of phenolic OH excluding ortho intramolecular Hbond substituents is 1. The van der Waals surface area contributed by atoms with Crippen LogP contribution in [-0.2, 0) is 16.7 Å². The summed E-state index contributed by atoms with van der Waals surface area (Å²) >= 11 is 6.22. The number of aliphatic imine (C=N–C) groups is 1. The van der Waals surface area contributed by atoms with Gasteiger partial charge in [-0.1, -0.05) is 56.6 Å². The summed E-state index contributed by atoms with van der Waals surface area (Å²) in [6.07, 6.45) is 0. The first kappa shape index (κ1) is 21.1. The van der Waals surface area contributed by atoms with Crippen LogP contribution in [0, 0.1) is 0 Å². The van der Waals surface area contributed by atoms with Crippen molar-refractivity contribution < 1.29 is 9.84 Å². The molecule has 0 saturated heterocycles.